The van der Waals surface area contributed by atoms with Crippen molar-refractivity contribution >= 4 is 87.6 Å². The van der Waals surface area contributed by atoms with Crippen molar-refractivity contribution in [2.24, 2.45) is 0 Å². The molecule has 5 aromatic heterocycles. The molecule has 0 bridgehead atoms. The molecule has 6 nitrogen and oxygen atoms in total. The highest BCUT2D eigenvalue weighted by atomic mass is 16.3. The first-order valence-corrected chi connectivity index (χ1v) is 19.6. The average molecular weight is 741 g/mol. The predicted octanol–water partition coefficient (Wildman–Crippen LogP) is 13.8. The van der Waals surface area contributed by atoms with Crippen molar-refractivity contribution in [3.63, 3.8) is 0 Å². The van der Waals surface area contributed by atoms with E-state index in [0.29, 0.717) is 11.7 Å². The fourth-order valence-corrected chi connectivity index (χ4v) is 9.85. The van der Waals surface area contributed by atoms with Crippen LogP contribution in [0.5, 0.6) is 0 Å². The van der Waals surface area contributed by atoms with E-state index in [2.05, 4.69) is 143 Å². The molecule has 0 saturated carbocycles. The summed E-state index contributed by atoms with van der Waals surface area (Å²) in [5, 5.41) is 8.63. The largest absolute Gasteiger partial charge is 0.456 e. The number of fused-ring (bicyclic) bond motifs is 17. The molecule has 0 saturated heterocycles. The zero-order chi connectivity index (χ0) is 37.6. The highest BCUT2D eigenvalue weighted by Crippen LogP contribution is 2.48. The smallest absolute Gasteiger partial charge is 0.238 e. The molecule has 13 aromatic rings. The molecule has 0 atom stereocenters. The molecule has 1 aliphatic rings. The summed E-state index contributed by atoms with van der Waals surface area (Å²) < 4.78 is 17.6. The van der Waals surface area contributed by atoms with E-state index in [9.17, 15) is 0 Å². The minimum Gasteiger partial charge on any atom is -0.456 e. The molecular formula is C52H28N4O2. The van der Waals surface area contributed by atoms with Gasteiger partial charge in [-0.3, -0.25) is 4.57 Å². The summed E-state index contributed by atoms with van der Waals surface area (Å²) in [5.41, 5.74) is 15.2. The Hall–Kier alpha value is -7.96. The van der Waals surface area contributed by atoms with Crippen LogP contribution in [0.25, 0.3) is 133 Å². The Labute approximate surface area is 329 Å². The summed E-state index contributed by atoms with van der Waals surface area (Å²) in [6, 6.07) is 60.2. The van der Waals surface area contributed by atoms with Crippen LogP contribution in [0.1, 0.15) is 0 Å². The minimum absolute atomic E-state index is 0.538. The summed E-state index contributed by atoms with van der Waals surface area (Å²) in [7, 11) is 0. The number of furan rings is 2. The molecular weight excluding hydrogens is 713 g/mol. The second-order valence-corrected chi connectivity index (χ2v) is 15.3. The third-order valence-electron chi connectivity index (χ3n) is 12.3. The minimum atomic E-state index is 0.538. The Morgan fingerprint density at radius 3 is 1.86 bits per heavy atom. The molecule has 0 radical (unpaired) electrons. The van der Waals surface area contributed by atoms with Gasteiger partial charge in [-0.15, -0.1) is 0 Å². The van der Waals surface area contributed by atoms with Crippen molar-refractivity contribution in [3.8, 4) is 45.1 Å². The normalized spacial score (nSPS) is 12.5. The summed E-state index contributed by atoms with van der Waals surface area (Å²) in [6.07, 6.45) is 0. The van der Waals surface area contributed by atoms with E-state index in [1.807, 2.05) is 36.4 Å². The van der Waals surface area contributed by atoms with Crippen molar-refractivity contribution < 1.29 is 8.83 Å². The number of para-hydroxylation sites is 5. The average Bonchev–Trinajstić information content (AvgIpc) is 4.00. The fraction of sp³-hybridized carbons (Fsp3) is 0. The van der Waals surface area contributed by atoms with Gasteiger partial charge in [-0.25, -0.2) is 4.98 Å². The van der Waals surface area contributed by atoms with Crippen molar-refractivity contribution in [3.05, 3.63) is 170 Å². The van der Waals surface area contributed by atoms with Crippen LogP contribution < -0.4 is 0 Å². The highest BCUT2D eigenvalue weighted by molar-refractivity contribution is 6.22. The summed E-state index contributed by atoms with van der Waals surface area (Å²) >= 11 is 0. The van der Waals surface area contributed by atoms with Crippen LogP contribution in [0.3, 0.4) is 0 Å². The maximum atomic E-state index is 6.56. The topological polar surface area (TPSA) is 61.9 Å². The van der Waals surface area contributed by atoms with Gasteiger partial charge in [-0.05, 0) is 59.7 Å². The van der Waals surface area contributed by atoms with Gasteiger partial charge >= 0.3 is 0 Å². The van der Waals surface area contributed by atoms with E-state index in [-0.39, 0.29) is 0 Å². The number of benzene rings is 8. The highest BCUT2D eigenvalue weighted by Gasteiger charge is 2.27. The van der Waals surface area contributed by atoms with Crippen molar-refractivity contribution in [1.29, 1.82) is 0 Å². The van der Waals surface area contributed by atoms with Gasteiger partial charge in [0.1, 0.15) is 16.7 Å². The lowest BCUT2D eigenvalue weighted by Crippen LogP contribution is -2.03. The molecule has 14 rings (SSSR count). The van der Waals surface area contributed by atoms with Gasteiger partial charge in [0.2, 0.25) is 11.7 Å². The molecule has 0 aliphatic carbocycles. The maximum absolute atomic E-state index is 6.56. The molecule has 0 unspecified atom stereocenters. The van der Waals surface area contributed by atoms with Gasteiger partial charge < -0.3 is 13.4 Å². The number of nitrogens with zero attached hydrogens (tertiary/aromatic N) is 4. The van der Waals surface area contributed by atoms with Gasteiger partial charge in [0.15, 0.2) is 0 Å². The van der Waals surface area contributed by atoms with Gasteiger partial charge in [0, 0.05) is 54.4 Å². The van der Waals surface area contributed by atoms with E-state index in [1.165, 1.54) is 44.2 Å². The molecule has 0 fully saturated rings. The first-order chi connectivity index (χ1) is 28.8. The van der Waals surface area contributed by atoms with Crippen LogP contribution in [-0.4, -0.2) is 19.1 Å². The third kappa shape index (κ3) is 3.86. The second kappa shape index (κ2) is 10.9. The molecule has 0 amide bonds. The second-order valence-electron chi connectivity index (χ2n) is 15.3. The molecule has 0 N–H and O–H groups in total. The molecule has 268 valence electrons. The lowest BCUT2D eigenvalue weighted by molar-refractivity contribution is 0.651. The van der Waals surface area contributed by atoms with E-state index < -0.39 is 0 Å². The van der Waals surface area contributed by atoms with Crippen molar-refractivity contribution in [1.82, 2.24) is 19.1 Å². The standard InChI is InChI=1S/C52H28N4O2/c1-2-13-31-30(12-1)32-14-3-7-20-41(32)55-43-27-39-33-15-4-8-21-42(33)56(44(39)28-40(43)37-19-11-18-36(31)50(37)55)52-53-49(48-38-17-6-10-23-46(38)58-51(48)54-52)29-24-25-35-34-16-5-9-22-45(34)57-47(35)26-29/h1-28H. The lowest BCUT2D eigenvalue weighted by Gasteiger charge is -2.12. The third-order valence-corrected chi connectivity index (χ3v) is 12.3. The Morgan fingerprint density at radius 2 is 1.00 bits per heavy atom. The number of hydrogen-bond donors (Lipinski definition) is 0. The molecule has 1 aliphatic heterocycles. The summed E-state index contributed by atoms with van der Waals surface area (Å²) in [5.74, 6) is 0.543. The molecule has 0 spiro atoms. The first-order valence-electron chi connectivity index (χ1n) is 19.6. The van der Waals surface area contributed by atoms with Crippen LogP contribution in [0.2, 0.25) is 0 Å². The first kappa shape index (κ1) is 30.3. The fourth-order valence-electron chi connectivity index (χ4n) is 9.85. The van der Waals surface area contributed by atoms with E-state index in [4.69, 9.17) is 18.8 Å². The van der Waals surface area contributed by atoms with Gasteiger partial charge in [-0.2, -0.15) is 4.98 Å². The molecule has 6 heteroatoms. The predicted molar refractivity (Wildman–Crippen MR) is 235 cm³/mol. The molecule has 58 heavy (non-hydrogen) atoms. The molecule has 6 heterocycles. The summed E-state index contributed by atoms with van der Waals surface area (Å²) in [4.78, 5) is 10.7. The monoisotopic (exact) mass is 740 g/mol. The van der Waals surface area contributed by atoms with Crippen LogP contribution in [0.15, 0.2) is 179 Å². The van der Waals surface area contributed by atoms with Gasteiger partial charge in [0.05, 0.1) is 38.8 Å². The maximum Gasteiger partial charge on any atom is 0.238 e. The lowest BCUT2D eigenvalue weighted by atomic mass is 9.94. The van der Waals surface area contributed by atoms with E-state index in [1.54, 1.807) is 0 Å². The molecule has 8 aromatic carbocycles. The Kier molecular flexibility index (Phi) is 5.68. The zero-order valence-corrected chi connectivity index (χ0v) is 30.8. The van der Waals surface area contributed by atoms with E-state index >= 15 is 0 Å². The van der Waals surface area contributed by atoms with Crippen molar-refractivity contribution in [2.75, 3.05) is 0 Å². The van der Waals surface area contributed by atoms with Crippen LogP contribution in [-0.2, 0) is 0 Å². The Morgan fingerprint density at radius 1 is 0.379 bits per heavy atom. The van der Waals surface area contributed by atoms with Crippen LogP contribution >= 0.6 is 0 Å². The van der Waals surface area contributed by atoms with Crippen molar-refractivity contribution in [2.45, 2.75) is 0 Å². The Bertz CT molecular complexity index is 3930. The number of aromatic nitrogens is 4. The quantitative estimate of drug-likeness (QED) is 0.177. The van der Waals surface area contributed by atoms with Crippen LogP contribution in [0.4, 0.5) is 0 Å². The SMILES string of the molecule is c1ccc2c(c1)-c1ccccc1-n1c3cc4c5ccccc5n(-c5nc(-c6ccc7c(c6)oc6ccccc67)c6c(n5)oc5ccccc56)c4cc3c3cccc-2c31. The van der Waals surface area contributed by atoms with Gasteiger partial charge in [0.25, 0.3) is 0 Å². The number of hydrogen-bond acceptors (Lipinski definition) is 4. The van der Waals surface area contributed by atoms with Gasteiger partial charge in [-0.1, -0.05) is 121 Å². The van der Waals surface area contributed by atoms with E-state index in [0.717, 1.165) is 76.9 Å². The number of rotatable bonds is 2. The van der Waals surface area contributed by atoms with Crippen LogP contribution in [0, 0.1) is 0 Å². The zero-order valence-electron chi connectivity index (χ0n) is 30.8. The summed E-state index contributed by atoms with van der Waals surface area (Å²) in [6.45, 7) is 0. The Balaban J connectivity index is 1.10.